The van der Waals surface area contributed by atoms with Crippen LogP contribution in [0.5, 0.6) is 5.75 Å². The van der Waals surface area contributed by atoms with Gasteiger partial charge in [0.2, 0.25) is 0 Å². The quantitative estimate of drug-likeness (QED) is 0.844. The minimum atomic E-state index is 0.0767. The number of rotatable bonds is 3. The molecular formula is C14H11BrN2O. The topological polar surface area (TPSA) is 34.0 Å². The Labute approximate surface area is 114 Å². The van der Waals surface area contributed by atoms with Crippen LogP contribution < -0.4 is 4.74 Å². The predicted molar refractivity (Wildman–Crippen MR) is 76.6 cm³/mol. The first kappa shape index (κ1) is 11.4. The molecule has 1 atom stereocenters. The molecule has 3 nitrogen and oxygen atoms in total. The third-order valence-electron chi connectivity index (χ3n) is 2.71. The summed E-state index contributed by atoms with van der Waals surface area (Å²) in [5, 5.41) is 0. The van der Waals surface area contributed by atoms with Crippen LogP contribution in [0, 0.1) is 0 Å². The van der Waals surface area contributed by atoms with E-state index in [-0.39, 0.29) is 6.04 Å². The van der Waals surface area contributed by atoms with E-state index in [1.165, 1.54) is 0 Å². The first-order chi connectivity index (χ1) is 8.83. The Morgan fingerprint density at radius 3 is 2.94 bits per heavy atom. The van der Waals surface area contributed by atoms with E-state index >= 15 is 0 Å². The average molecular weight is 303 g/mol. The van der Waals surface area contributed by atoms with Gasteiger partial charge in [0.15, 0.2) is 5.84 Å². The van der Waals surface area contributed by atoms with E-state index < -0.39 is 0 Å². The molecule has 4 heteroatoms. The lowest BCUT2D eigenvalue weighted by Gasteiger charge is -2.06. The second-order valence-electron chi connectivity index (χ2n) is 3.99. The number of hydrogen-bond donors (Lipinski definition) is 0. The monoisotopic (exact) mass is 302 g/mol. The van der Waals surface area contributed by atoms with Crippen LogP contribution in [0.3, 0.4) is 0 Å². The van der Waals surface area contributed by atoms with Crippen LogP contribution in [0.4, 0.5) is 0 Å². The minimum Gasteiger partial charge on any atom is -0.484 e. The molecule has 0 amide bonds. The fourth-order valence-electron chi connectivity index (χ4n) is 1.85. The minimum absolute atomic E-state index is 0.0767. The zero-order valence-corrected chi connectivity index (χ0v) is 11.2. The molecule has 1 aliphatic heterocycles. The number of ether oxygens (including phenoxy) is 1. The molecule has 90 valence electrons. The van der Waals surface area contributed by atoms with E-state index in [4.69, 9.17) is 4.74 Å². The summed E-state index contributed by atoms with van der Waals surface area (Å²) in [6, 6.07) is 7.83. The lowest BCUT2D eigenvalue weighted by molar-refractivity contribution is 0.373. The van der Waals surface area contributed by atoms with Crippen LogP contribution in [-0.4, -0.2) is 24.2 Å². The fraction of sp³-hybridized carbons (Fsp3) is 0.143. The first-order valence-electron chi connectivity index (χ1n) is 5.70. The van der Waals surface area contributed by atoms with Gasteiger partial charge in [-0.15, -0.1) is 0 Å². The molecule has 0 N–H and O–H groups in total. The van der Waals surface area contributed by atoms with Gasteiger partial charge in [-0.1, -0.05) is 30.4 Å². The molecule has 0 spiro atoms. The maximum absolute atomic E-state index is 5.69. The van der Waals surface area contributed by atoms with Gasteiger partial charge in [0.25, 0.3) is 0 Å². The van der Waals surface area contributed by atoms with Crippen molar-refractivity contribution in [2.75, 3.05) is 6.61 Å². The van der Waals surface area contributed by atoms with Crippen molar-refractivity contribution in [3.63, 3.8) is 0 Å². The number of benzene rings is 1. The number of allylic oxidation sites excluding steroid dienone is 2. The third kappa shape index (κ3) is 2.29. The summed E-state index contributed by atoms with van der Waals surface area (Å²) in [5.41, 5.74) is 0.989. The van der Waals surface area contributed by atoms with Crippen LogP contribution in [0.15, 0.2) is 63.0 Å². The van der Waals surface area contributed by atoms with Gasteiger partial charge in [-0.25, -0.2) is 4.99 Å². The number of nitrogens with zero attached hydrogens (tertiary/aromatic N) is 2. The van der Waals surface area contributed by atoms with Crippen molar-refractivity contribution in [1.29, 1.82) is 0 Å². The molecule has 1 heterocycles. The fourth-order valence-corrected chi connectivity index (χ4v) is 2.24. The highest BCUT2D eigenvalue weighted by atomic mass is 79.9. The highest BCUT2D eigenvalue weighted by Gasteiger charge is 2.19. The second-order valence-corrected chi connectivity index (χ2v) is 4.84. The van der Waals surface area contributed by atoms with Crippen molar-refractivity contribution in [2.24, 2.45) is 9.98 Å². The number of hydrogen-bond acceptors (Lipinski definition) is 3. The molecule has 1 aromatic rings. The molecule has 0 fully saturated rings. The number of fused-ring (bicyclic) bond motifs is 1. The molecule has 1 aliphatic carbocycles. The SMILES string of the molecule is Brc1ccccc1OCC1=NC2C=CC=CC2=N1. The number of halogens is 1. The van der Waals surface area contributed by atoms with E-state index in [1.807, 2.05) is 48.6 Å². The normalized spacial score (nSPS) is 20.4. The molecule has 0 aromatic heterocycles. The highest BCUT2D eigenvalue weighted by molar-refractivity contribution is 9.10. The molecule has 1 aromatic carbocycles. The van der Waals surface area contributed by atoms with Crippen LogP contribution in [0.25, 0.3) is 0 Å². The summed E-state index contributed by atoms with van der Waals surface area (Å²) >= 11 is 3.44. The lowest BCUT2D eigenvalue weighted by atomic mass is 10.1. The highest BCUT2D eigenvalue weighted by Crippen LogP contribution is 2.24. The molecule has 0 saturated carbocycles. The summed E-state index contributed by atoms with van der Waals surface area (Å²) in [6.45, 7) is 0.393. The van der Waals surface area contributed by atoms with Crippen molar-refractivity contribution in [3.05, 3.63) is 53.0 Å². The Morgan fingerprint density at radius 1 is 1.22 bits per heavy atom. The van der Waals surface area contributed by atoms with Gasteiger partial charge in [0.05, 0.1) is 10.2 Å². The van der Waals surface area contributed by atoms with Gasteiger partial charge in [-0.2, -0.15) is 0 Å². The maximum atomic E-state index is 5.69. The molecule has 2 aliphatic rings. The van der Waals surface area contributed by atoms with Crippen molar-refractivity contribution in [2.45, 2.75) is 6.04 Å². The average Bonchev–Trinajstić information content (AvgIpc) is 2.80. The first-order valence-corrected chi connectivity index (χ1v) is 6.50. The van der Waals surface area contributed by atoms with Crippen molar-refractivity contribution < 1.29 is 4.74 Å². The van der Waals surface area contributed by atoms with Gasteiger partial charge >= 0.3 is 0 Å². The summed E-state index contributed by atoms with van der Waals surface area (Å²) in [6.07, 6.45) is 7.98. The number of amidine groups is 1. The van der Waals surface area contributed by atoms with E-state index in [2.05, 4.69) is 25.9 Å². The molecule has 1 unspecified atom stereocenters. The summed E-state index contributed by atoms with van der Waals surface area (Å²) < 4.78 is 6.63. The molecule has 3 rings (SSSR count). The summed E-state index contributed by atoms with van der Waals surface area (Å²) in [7, 11) is 0. The summed E-state index contributed by atoms with van der Waals surface area (Å²) in [5.74, 6) is 1.54. The molecule has 0 radical (unpaired) electrons. The van der Waals surface area contributed by atoms with Crippen molar-refractivity contribution in [1.82, 2.24) is 0 Å². The molecule has 18 heavy (non-hydrogen) atoms. The van der Waals surface area contributed by atoms with Gasteiger partial charge in [-0.3, -0.25) is 4.99 Å². The number of aliphatic imine (C=N–C) groups is 2. The Kier molecular flexibility index (Phi) is 3.11. The van der Waals surface area contributed by atoms with Crippen LogP contribution in [0.2, 0.25) is 0 Å². The third-order valence-corrected chi connectivity index (χ3v) is 3.37. The molecule has 0 saturated heterocycles. The predicted octanol–water partition coefficient (Wildman–Crippen LogP) is 3.18. The van der Waals surface area contributed by atoms with Crippen LogP contribution in [-0.2, 0) is 0 Å². The molecular weight excluding hydrogens is 292 g/mol. The van der Waals surface area contributed by atoms with Crippen LogP contribution in [0.1, 0.15) is 0 Å². The number of para-hydroxylation sites is 1. The Morgan fingerprint density at radius 2 is 2.11 bits per heavy atom. The van der Waals surface area contributed by atoms with Crippen molar-refractivity contribution in [3.8, 4) is 5.75 Å². The lowest BCUT2D eigenvalue weighted by Crippen LogP contribution is -2.11. The van der Waals surface area contributed by atoms with Gasteiger partial charge < -0.3 is 4.74 Å². The van der Waals surface area contributed by atoms with Crippen LogP contribution >= 0.6 is 15.9 Å². The van der Waals surface area contributed by atoms with E-state index in [9.17, 15) is 0 Å². The Balaban J connectivity index is 1.69. The Hall–Kier alpha value is -1.68. The van der Waals surface area contributed by atoms with E-state index in [1.54, 1.807) is 0 Å². The van der Waals surface area contributed by atoms with Gasteiger partial charge in [0.1, 0.15) is 18.4 Å². The second kappa shape index (κ2) is 4.90. The zero-order chi connectivity index (χ0) is 12.4. The van der Waals surface area contributed by atoms with Crippen molar-refractivity contribution >= 4 is 27.5 Å². The zero-order valence-electron chi connectivity index (χ0n) is 9.58. The van der Waals surface area contributed by atoms with Gasteiger partial charge in [0, 0.05) is 0 Å². The Bertz CT molecular complexity index is 587. The maximum Gasteiger partial charge on any atom is 0.162 e. The van der Waals surface area contributed by atoms with E-state index in [0.717, 1.165) is 21.8 Å². The standard InChI is InChI=1S/C14H11BrN2O/c15-10-5-1-4-8-13(10)18-9-14-16-11-6-2-3-7-12(11)17-14/h1-8,11H,9H2. The molecule has 0 bridgehead atoms. The smallest absolute Gasteiger partial charge is 0.162 e. The largest absolute Gasteiger partial charge is 0.484 e. The van der Waals surface area contributed by atoms with Gasteiger partial charge in [-0.05, 0) is 34.1 Å². The van der Waals surface area contributed by atoms with E-state index in [0.29, 0.717) is 6.61 Å². The summed E-state index contributed by atoms with van der Waals surface area (Å²) in [4.78, 5) is 8.93.